The summed E-state index contributed by atoms with van der Waals surface area (Å²) in [6.07, 6.45) is 1.81. The van der Waals surface area contributed by atoms with Crippen molar-refractivity contribution < 1.29 is 4.74 Å². The molecular weight excluding hydrogens is 312 g/mol. The van der Waals surface area contributed by atoms with Crippen LogP contribution in [0.4, 0.5) is 11.8 Å². The number of aromatic nitrogens is 2. The lowest BCUT2D eigenvalue weighted by atomic mass is 10.0. The minimum absolute atomic E-state index is 0.129. The molecule has 2 aromatic carbocycles. The zero-order chi connectivity index (χ0) is 17.1. The van der Waals surface area contributed by atoms with Gasteiger partial charge < -0.3 is 15.0 Å². The van der Waals surface area contributed by atoms with Gasteiger partial charge in [0.2, 0.25) is 5.95 Å². The van der Waals surface area contributed by atoms with Crippen LogP contribution in [-0.4, -0.2) is 36.3 Å². The maximum absolute atomic E-state index is 5.41. The Balaban J connectivity index is 1.52. The summed E-state index contributed by atoms with van der Waals surface area (Å²) in [5.41, 5.74) is 1.22. The first kappa shape index (κ1) is 15.8. The smallest absolute Gasteiger partial charge is 0.225 e. The first-order chi connectivity index (χ1) is 12.3. The van der Waals surface area contributed by atoms with Crippen molar-refractivity contribution in [3.05, 3.63) is 60.3 Å². The van der Waals surface area contributed by atoms with Gasteiger partial charge in [-0.25, -0.2) is 4.98 Å². The van der Waals surface area contributed by atoms with Gasteiger partial charge in [-0.2, -0.15) is 4.98 Å². The normalized spacial score (nSPS) is 16.0. The van der Waals surface area contributed by atoms with Gasteiger partial charge in [-0.3, -0.25) is 0 Å². The highest BCUT2D eigenvalue weighted by Crippen LogP contribution is 2.23. The Morgan fingerprint density at radius 2 is 1.84 bits per heavy atom. The lowest BCUT2D eigenvalue weighted by Gasteiger charge is -2.28. The summed E-state index contributed by atoms with van der Waals surface area (Å²) in [6, 6.07) is 17.0. The molecule has 4 rings (SSSR count). The molecule has 1 aliphatic rings. The van der Waals surface area contributed by atoms with Crippen LogP contribution < -0.4 is 10.2 Å². The molecule has 128 valence electrons. The minimum Gasteiger partial charge on any atom is -0.378 e. The summed E-state index contributed by atoms with van der Waals surface area (Å²) in [4.78, 5) is 11.3. The fourth-order valence-corrected chi connectivity index (χ4v) is 3.14. The van der Waals surface area contributed by atoms with E-state index in [4.69, 9.17) is 4.74 Å². The molecule has 1 fully saturated rings. The van der Waals surface area contributed by atoms with Crippen LogP contribution >= 0.6 is 0 Å². The van der Waals surface area contributed by atoms with Gasteiger partial charge in [0.25, 0.3) is 0 Å². The van der Waals surface area contributed by atoms with Crippen LogP contribution in [0, 0.1) is 0 Å². The fourth-order valence-electron chi connectivity index (χ4n) is 3.14. The second-order valence-electron chi connectivity index (χ2n) is 6.31. The molecule has 1 atom stereocenters. The van der Waals surface area contributed by atoms with Crippen molar-refractivity contribution in [1.82, 2.24) is 9.97 Å². The number of fused-ring (bicyclic) bond motifs is 1. The molecule has 1 aliphatic heterocycles. The molecule has 0 radical (unpaired) electrons. The Hall–Kier alpha value is -2.66. The molecule has 1 aromatic heterocycles. The number of morpholine rings is 1. The van der Waals surface area contributed by atoms with E-state index >= 15 is 0 Å². The summed E-state index contributed by atoms with van der Waals surface area (Å²) < 4.78 is 5.41. The van der Waals surface area contributed by atoms with E-state index in [9.17, 15) is 0 Å². The molecule has 3 aromatic rings. The van der Waals surface area contributed by atoms with Crippen LogP contribution in [0.1, 0.15) is 18.5 Å². The van der Waals surface area contributed by atoms with Crippen molar-refractivity contribution in [2.75, 3.05) is 36.5 Å². The molecule has 5 nitrogen and oxygen atoms in total. The van der Waals surface area contributed by atoms with Crippen molar-refractivity contribution in [1.29, 1.82) is 0 Å². The van der Waals surface area contributed by atoms with Crippen LogP contribution in [0.15, 0.2) is 54.7 Å². The first-order valence-electron chi connectivity index (χ1n) is 8.70. The molecule has 0 amide bonds. The summed E-state index contributed by atoms with van der Waals surface area (Å²) >= 11 is 0. The Morgan fingerprint density at radius 3 is 2.68 bits per heavy atom. The largest absolute Gasteiger partial charge is 0.378 e. The van der Waals surface area contributed by atoms with Gasteiger partial charge in [0, 0.05) is 19.3 Å². The van der Waals surface area contributed by atoms with E-state index < -0.39 is 0 Å². The van der Waals surface area contributed by atoms with Crippen LogP contribution in [0.5, 0.6) is 0 Å². The zero-order valence-electron chi connectivity index (χ0n) is 14.4. The van der Waals surface area contributed by atoms with Crippen LogP contribution in [0.2, 0.25) is 0 Å². The molecule has 0 unspecified atom stereocenters. The lowest BCUT2D eigenvalue weighted by molar-refractivity contribution is 0.122. The maximum atomic E-state index is 5.41. The van der Waals surface area contributed by atoms with Crippen LogP contribution in [-0.2, 0) is 4.74 Å². The fraction of sp³-hybridized carbons (Fsp3) is 0.300. The summed E-state index contributed by atoms with van der Waals surface area (Å²) in [5.74, 6) is 1.61. The highest BCUT2D eigenvalue weighted by Gasteiger charge is 2.14. The SMILES string of the molecule is C[C@H](Nc1nccc(N2CCOCC2)n1)c1ccc2ccccc2c1. The van der Waals surface area contributed by atoms with Crippen LogP contribution in [0.3, 0.4) is 0 Å². The summed E-state index contributed by atoms with van der Waals surface area (Å²) in [7, 11) is 0. The molecule has 1 N–H and O–H groups in total. The first-order valence-corrected chi connectivity index (χ1v) is 8.70. The quantitative estimate of drug-likeness (QED) is 0.789. The van der Waals surface area contributed by atoms with E-state index in [-0.39, 0.29) is 6.04 Å². The Kier molecular flexibility index (Phi) is 4.48. The average Bonchev–Trinajstić information content (AvgIpc) is 2.68. The standard InChI is InChI=1S/C20H22N4O/c1-15(17-7-6-16-4-2-3-5-18(16)14-17)22-20-21-9-8-19(23-20)24-10-12-25-13-11-24/h2-9,14-15H,10-13H2,1H3,(H,21,22,23)/t15-/m0/s1. The van der Waals surface area contributed by atoms with Gasteiger partial charge in [0.1, 0.15) is 5.82 Å². The molecular formula is C20H22N4O. The summed E-state index contributed by atoms with van der Waals surface area (Å²) in [6.45, 7) is 5.38. The molecule has 0 saturated carbocycles. The molecule has 1 saturated heterocycles. The third-order valence-electron chi connectivity index (χ3n) is 4.60. The number of nitrogens with zero attached hydrogens (tertiary/aromatic N) is 3. The number of rotatable bonds is 4. The molecule has 0 bridgehead atoms. The van der Waals surface area contributed by atoms with E-state index in [1.807, 2.05) is 12.3 Å². The van der Waals surface area contributed by atoms with Gasteiger partial charge in [-0.05, 0) is 35.4 Å². The highest BCUT2D eigenvalue weighted by molar-refractivity contribution is 5.83. The Bertz CT molecular complexity index is 861. The predicted molar refractivity (Wildman–Crippen MR) is 101 cm³/mol. The van der Waals surface area contributed by atoms with E-state index in [0.29, 0.717) is 5.95 Å². The van der Waals surface area contributed by atoms with Crippen molar-refractivity contribution in [2.45, 2.75) is 13.0 Å². The molecule has 0 spiro atoms. The Labute approximate surface area is 147 Å². The number of hydrogen-bond acceptors (Lipinski definition) is 5. The molecule has 5 heteroatoms. The van der Waals surface area contributed by atoms with E-state index in [1.54, 1.807) is 0 Å². The Morgan fingerprint density at radius 1 is 1.04 bits per heavy atom. The van der Waals surface area contributed by atoms with E-state index in [1.165, 1.54) is 16.3 Å². The number of nitrogens with one attached hydrogen (secondary N) is 1. The zero-order valence-corrected chi connectivity index (χ0v) is 14.4. The molecule has 0 aliphatic carbocycles. The third kappa shape index (κ3) is 3.56. The maximum Gasteiger partial charge on any atom is 0.225 e. The number of hydrogen-bond donors (Lipinski definition) is 1. The van der Waals surface area contributed by atoms with Crippen molar-refractivity contribution in [2.24, 2.45) is 0 Å². The number of benzene rings is 2. The predicted octanol–water partition coefficient (Wildman–Crippen LogP) is 3.64. The topological polar surface area (TPSA) is 50.3 Å². The average molecular weight is 334 g/mol. The van der Waals surface area contributed by atoms with Gasteiger partial charge in [-0.15, -0.1) is 0 Å². The van der Waals surface area contributed by atoms with E-state index in [0.717, 1.165) is 32.1 Å². The van der Waals surface area contributed by atoms with Gasteiger partial charge in [0.05, 0.1) is 19.3 Å². The van der Waals surface area contributed by atoms with Gasteiger partial charge in [-0.1, -0.05) is 36.4 Å². The molecule has 2 heterocycles. The lowest BCUT2D eigenvalue weighted by Crippen LogP contribution is -2.36. The third-order valence-corrected chi connectivity index (χ3v) is 4.60. The minimum atomic E-state index is 0.129. The van der Waals surface area contributed by atoms with E-state index in [2.05, 4.69) is 69.6 Å². The second-order valence-corrected chi connectivity index (χ2v) is 6.31. The van der Waals surface area contributed by atoms with Crippen molar-refractivity contribution in [3.8, 4) is 0 Å². The van der Waals surface area contributed by atoms with Gasteiger partial charge >= 0.3 is 0 Å². The highest BCUT2D eigenvalue weighted by atomic mass is 16.5. The number of anilines is 2. The van der Waals surface area contributed by atoms with Crippen LogP contribution in [0.25, 0.3) is 10.8 Å². The van der Waals surface area contributed by atoms with Gasteiger partial charge in [0.15, 0.2) is 0 Å². The summed E-state index contributed by atoms with van der Waals surface area (Å²) in [5, 5.41) is 5.92. The number of ether oxygens (including phenoxy) is 1. The van der Waals surface area contributed by atoms with Crippen molar-refractivity contribution in [3.63, 3.8) is 0 Å². The second kappa shape index (κ2) is 7.07. The molecule has 25 heavy (non-hydrogen) atoms. The van der Waals surface area contributed by atoms with Crippen molar-refractivity contribution >= 4 is 22.5 Å². The monoisotopic (exact) mass is 334 g/mol.